The van der Waals surface area contributed by atoms with Crippen molar-refractivity contribution in [1.29, 1.82) is 0 Å². The van der Waals surface area contributed by atoms with Gasteiger partial charge in [-0.15, -0.1) is 0 Å². The molecule has 0 aliphatic carbocycles. The summed E-state index contributed by atoms with van der Waals surface area (Å²) in [5, 5.41) is 3.08. The van der Waals surface area contributed by atoms with Crippen LogP contribution in [0.15, 0.2) is 24.3 Å². The van der Waals surface area contributed by atoms with Gasteiger partial charge in [-0.2, -0.15) is 0 Å². The average molecular weight is 304 g/mol. The van der Waals surface area contributed by atoms with Crippen LogP contribution in [0.2, 0.25) is 0 Å². The Kier molecular flexibility index (Phi) is 6.25. The molecule has 1 unspecified atom stereocenters. The number of amides is 1. The van der Waals surface area contributed by atoms with Crippen molar-refractivity contribution in [2.75, 3.05) is 33.8 Å². The molecular weight excluding hydrogens is 276 g/mol. The molecule has 0 bridgehead atoms. The van der Waals surface area contributed by atoms with Crippen LogP contribution in [-0.2, 0) is 11.2 Å². The number of benzene rings is 1. The Morgan fingerprint density at radius 2 is 1.95 bits per heavy atom. The summed E-state index contributed by atoms with van der Waals surface area (Å²) in [6.07, 6.45) is 3.30. The highest BCUT2D eigenvalue weighted by atomic mass is 16.5. The van der Waals surface area contributed by atoms with Crippen molar-refractivity contribution in [3.63, 3.8) is 0 Å². The highest BCUT2D eigenvalue weighted by Gasteiger charge is 2.25. The van der Waals surface area contributed by atoms with E-state index in [-0.39, 0.29) is 11.8 Å². The van der Waals surface area contributed by atoms with Gasteiger partial charge >= 0.3 is 0 Å². The average Bonchev–Trinajstić information content (AvgIpc) is 2.56. The van der Waals surface area contributed by atoms with Gasteiger partial charge in [0, 0.05) is 25.6 Å². The van der Waals surface area contributed by atoms with E-state index in [0.29, 0.717) is 5.92 Å². The van der Waals surface area contributed by atoms with Crippen molar-refractivity contribution in [3.8, 4) is 5.75 Å². The first-order chi connectivity index (χ1) is 10.6. The zero-order valence-corrected chi connectivity index (χ0v) is 14.0. The van der Waals surface area contributed by atoms with E-state index in [4.69, 9.17) is 4.74 Å². The van der Waals surface area contributed by atoms with E-state index in [2.05, 4.69) is 17.4 Å². The van der Waals surface area contributed by atoms with Crippen molar-refractivity contribution in [2.45, 2.75) is 26.2 Å². The molecule has 0 spiro atoms. The third-order valence-corrected chi connectivity index (χ3v) is 4.54. The third-order valence-electron chi connectivity index (χ3n) is 4.54. The molecule has 0 radical (unpaired) electrons. The Bertz CT molecular complexity index is 464. The maximum absolute atomic E-state index is 12.3. The van der Waals surface area contributed by atoms with Crippen molar-refractivity contribution in [3.05, 3.63) is 29.8 Å². The van der Waals surface area contributed by atoms with Gasteiger partial charge in [0.15, 0.2) is 0 Å². The van der Waals surface area contributed by atoms with Crippen LogP contribution >= 0.6 is 0 Å². The first kappa shape index (κ1) is 16.8. The number of likely N-dealkylation sites (tertiary alicyclic amines) is 1. The molecule has 4 nitrogen and oxygen atoms in total. The largest absolute Gasteiger partial charge is 0.497 e. The second kappa shape index (κ2) is 8.18. The van der Waals surface area contributed by atoms with E-state index in [1.165, 1.54) is 5.56 Å². The van der Waals surface area contributed by atoms with Crippen LogP contribution in [0.5, 0.6) is 5.75 Å². The molecule has 4 heteroatoms. The Hall–Kier alpha value is -1.55. The molecule has 0 aromatic heterocycles. The highest BCUT2D eigenvalue weighted by molar-refractivity contribution is 5.78. The predicted octanol–water partition coefficient (Wildman–Crippen LogP) is 2.33. The van der Waals surface area contributed by atoms with E-state index in [1.807, 2.05) is 31.0 Å². The number of carbonyl (C=O) groups is 1. The summed E-state index contributed by atoms with van der Waals surface area (Å²) in [4.78, 5) is 14.3. The molecule has 2 rings (SSSR count). The number of nitrogens with one attached hydrogen (secondary N) is 1. The van der Waals surface area contributed by atoms with Gasteiger partial charge < -0.3 is 15.0 Å². The minimum Gasteiger partial charge on any atom is -0.497 e. The minimum atomic E-state index is 0.0724. The number of rotatable bonds is 6. The monoisotopic (exact) mass is 304 g/mol. The molecule has 1 aromatic carbocycles. The molecule has 1 aliphatic heterocycles. The van der Waals surface area contributed by atoms with Gasteiger partial charge in [0.05, 0.1) is 7.11 Å². The molecule has 1 atom stereocenters. The zero-order valence-electron chi connectivity index (χ0n) is 14.0. The van der Waals surface area contributed by atoms with Crippen LogP contribution in [-0.4, -0.2) is 44.6 Å². The van der Waals surface area contributed by atoms with Gasteiger partial charge in [-0.3, -0.25) is 4.79 Å². The third kappa shape index (κ3) is 4.47. The number of nitrogens with zero attached hydrogens (tertiary/aromatic N) is 1. The summed E-state index contributed by atoms with van der Waals surface area (Å²) in [6.45, 7) is 4.55. The maximum atomic E-state index is 12.3. The van der Waals surface area contributed by atoms with Crippen LogP contribution in [0.4, 0.5) is 0 Å². The molecular formula is C18H28N2O2. The Balaban J connectivity index is 1.80. The summed E-state index contributed by atoms with van der Waals surface area (Å²) in [5.41, 5.74) is 1.36. The minimum absolute atomic E-state index is 0.0724. The fourth-order valence-electron chi connectivity index (χ4n) is 3.16. The van der Waals surface area contributed by atoms with Crippen molar-refractivity contribution in [1.82, 2.24) is 10.2 Å². The van der Waals surface area contributed by atoms with Crippen molar-refractivity contribution in [2.24, 2.45) is 11.8 Å². The summed E-state index contributed by atoms with van der Waals surface area (Å²) in [7, 11) is 3.58. The first-order valence-corrected chi connectivity index (χ1v) is 8.20. The predicted molar refractivity (Wildman–Crippen MR) is 89.1 cm³/mol. The van der Waals surface area contributed by atoms with Crippen LogP contribution in [0.25, 0.3) is 0 Å². The van der Waals surface area contributed by atoms with Crippen LogP contribution in [0, 0.1) is 11.8 Å². The molecule has 0 saturated carbocycles. The van der Waals surface area contributed by atoms with Crippen molar-refractivity contribution < 1.29 is 9.53 Å². The normalized spacial score (nSPS) is 17.3. The standard InChI is InChI=1S/C18H28N2O2/c1-14(13-19-2)18(21)20-10-8-16(9-11-20)12-15-4-6-17(22-3)7-5-15/h4-7,14,16,19H,8-13H2,1-3H3. The lowest BCUT2D eigenvalue weighted by Gasteiger charge is -2.33. The lowest BCUT2D eigenvalue weighted by molar-refractivity contribution is -0.136. The summed E-state index contributed by atoms with van der Waals surface area (Å²) < 4.78 is 5.19. The SMILES string of the molecule is CNCC(C)C(=O)N1CCC(Cc2ccc(OC)cc2)CC1. The summed E-state index contributed by atoms with van der Waals surface area (Å²) in [5.74, 6) is 1.94. The van der Waals surface area contributed by atoms with Crippen LogP contribution in [0.1, 0.15) is 25.3 Å². The second-order valence-electron chi connectivity index (χ2n) is 6.28. The molecule has 122 valence electrons. The summed E-state index contributed by atoms with van der Waals surface area (Å²) >= 11 is 0. The van der Waals surface area contributed by atoms with Crippen LogP contribution < -0.4 is 10.1 Å². The van der Waals surface area contributed by atoms with Crippen molar-refractivity contribution >= 4 is 5.91 Å². The first-order valence-electron chi connectivity index (χ1n) is 8.20. The van der Waals surface area contributed by atoms with Gasteiger partial charge in [-0.05, 0) is 49.9 Å². The van der Waals surface area contributed by atoms with E-state index >= 15 is 0 Å². The zero-order chi connectivity index (χ0) is 15.9. The molecule has 1 heterocycles. The van der Waals surface area contributed by atoms with Gasteiger partial charge in [-0.25, -0.2) is 0 Å². The topological polar surface area (TPSA) is 41.6 Å². The molecule has 1 fully saturated rings. The van der Waals surface area contributed by atoms with E-state index in [1.54, 1.807) is 7.11 Å². The smallest absolute Gasteiger partial charge is 0.226 e. The Morgan fingerprint density at radius 1 is 1.32 bits per heavy atom. The number of ether oxygens (including phenoxy) is 1. The van der Waals surface area contributed by atoms with Gasteiger partial charge in [-0.1, -0.05) is 19.1 Å². The number of methoxy groups -OCH3 is 1. The Labute approximate surface area is 133 Å². The highest BCUT2D eigenvalue weighted by Crippen LogP contribution is 2.23. The van der Waals surface area contributed by atoms with Gasteiger partial charge in [0.25, 0.3) is 0 Å². The molecule has 1 aliphatic rings. The molecule has 1 N–H and O–H groups in total. The second-order valence-corrected chi connectivity index (χ2v) is 6.28. The quantitative estimate of drug-likeness (QED) is 0.877. The summed E-state index contributed by atoms with van der Waals surface area (Å²) in [6, 6.07) is 8.33. The fraction of sp³-hybridized carbons (Fsp3) is 0.611. The lowest BCUT2D eigenvalue weighted by Crippen LogP contribution is -2.43. The molecule has 1 aromatic rings. The number of hydrogen-bond donors (Lipinski definition) is 1. The fourth-order valence-corrected chi connectivity index (χ4v) is 3.16. The number of carbonyl (C=O) groups excluding carboxylic acids is 1. The number of piperidine rings is 1. The van der Waals surface area contributed by atoms with Gasteiger partial charge in [0.1, 0.15) is 5.75 Å². The lowest BCUT2D eigenvalue weighted by atomic mass is 9.89. The Morgan fingerprint density at radius 3 is 2.50 bits per heavy atom. The molecule has 1 amide bonds. The number of hydrogen-bond acceptors (Lipinski definition) is 3. The van der Waals surface area contributed by atoms with E-state index < -0.39 is 0 Å². The van der Waals surface area contributed by atoms with E-state index in [9.17, 15) is 4.79 Å². The van der Waals surface area contributed by atoms with E-state index in [0.717, 1.165) is 44.6 Å². The maximum Gasteiger partial charge on any atom is 0.226 e. The molecule has 22 heavy (non-hydrogen) atoms. The molecule has 1 saturated heterocycles. The van der Waals surface area contributed by atoms with Gasteiger partial charge in [0.2, 0.25) is 5.91 Å². The van der Waals surface area contributed by atoms with Crippen LogP contribution in [0.3, 0.4) is 0 Å².